The van der Waals surface area contributed by atoms with E-state index in [-0.39, 0.29) is 5.82 Å². The third-order valence-electron chi connectivity index (χ3n) is 3.44. The summed E-state index contributed by atoms with van der Waals surface area (Å²) < 4.78 is 13.6. The van der Waals surface area contributed by atoms with Gasteiger partial charge in [-0.1, -0.05) is 12.1 Å². The van der Waals surface area contributed by atoms with Gasteiger partial charge in [-0.05, 0) is 25.1 Å². The van der Waals surface area contributed by atoms with Gasteiger partial charge in [0.15, 0.2) is 0 Å². The van der Waals surface area contributed by atoms with Crippen LogP contribution in [0.25, 0.3) is 0 Å². The Bertz CT molecular complexity index is 364. The van der Waals surface area contributed by atoms with Gasteiger partial charge in [0, 0.05) is 39.8 Å². The average molecular weight is 251 g/mol. The first-order chi connectivity index (χ1) is 8.77. The first-order valence-electron chi connectivity index (χ1n) is 6.66. The number of nitrogens with zero attached hydrogens (tertiary/aromatic N) is 2. The van der Waals surface area contributed by atoms with E-state index >= 15 is 0 Å². The molecule has 1 N–H and O–H groups in total. The fourth-order valence-electron chi connectivity index (χ4n) is 2.35. The summed E-state index contributed by atoms with van der Waals surface area (Å²) in [5, 5.41) is 3.35. The van der Waals surface area contributed by atoms with Crippen LogP contribution in [0.15, 0.2) is 24.3 Å². The fourth-order valence-corrected chi connectivity index (χ4v) is 2.35. The van der Waals surface area contributed by atoms with Gasteiger partial charge < -0.3 is 15.1 Å². The van der Waals surface area contributed by atoms with E-state index in [0.29, 0.717) is 5.69 Å². The minimum atomic E-state index is -0.137. The summed E-state index contributed by atoms with van der Waals surface area (Å²) in [6.07, 6.45) is 1.07. The second-order valence-electron chi connectivity index (χ2n) is 4.82. The molecule has 1 heterocycles. The maximum Gasteiger partial charge on any atom is 0.146 e. The Labute approximate surface area is 109 Å². The molecule has 0 spiro atoms. The molecule has 1 saturated heterocycles. The van der Waals surface area contributed by atoms with Crippen molar-refractivity contribution in [1.29, 1.82) is 0 Å². The summed E-state index contributed by atoms with van der Waals surface area (Å²) in [6.45, 7) is 6.42. The summed E-state index contributed by atoms with van der Waals surface area (Å²) in [5.74, 6) is -0.137. The zero-order valence-electron chi connectivity index (χ0n) is 11.0. The molecule has 0 unspecified atom stereocenters. The molecule has 0 atom stereocenters. The highest BCUT2D eigenvalue weighted by molar-refractivity contribution is 5.46. The molecule has 4 heteroatoms. The molecule has 0 bridgehead atoms. The molecule has 1 aliphatic heterocycles. The molecule has 0 radical (unpaired) electrons. The van der Waals surface area contributed by atoms with Crippen molar-refractivity contribution in [3.05, 3.63) is 30.1 Å². The highest BCUT2D eigenvalue weighted by atomic mass is 19.1. The maximum atomic E-state index is 13.6. The topological polar surface area (TPSA) is 18.5 Å². The molecule has 1 fully saturated rings. The van der Waals surface area contributed by atoms with Gasteiger partial charge in [-0.2, -0.15) is 0 Å². The smallest absolute Gasteiger partial charge is 0.146 e. The van der Waals surface area contributed by atoms with Gasteiger partial charge in [-0.15, -0.1) is 0 Å². The van der Waals surface area contributed by atoms with E-state index < -0.39 is 0 Å². The lowest BCUT2D eigenvalue weighted by Gasteiger charge is -2.28. The largest absolute Gasteiger partial charge is 0.372 e. The first kappa shape index (κ1) is 13.3. The zero-order valence-corrected chi connectivity index (χ0v) is 11.0. The number of halogens is 1. The molecule has 100 valence electrons. The van der Waals surface area contributed by atoms with E-state index in [9.17, 15) is 4.39 Å². The predicted molar refractivity (Wildman–Crippen MR) is 73.6 cm³/mol. The third kappa shape index (κ3) is 3.68. The van der Waals surface area contributed by atoms with Gasteiger partial charge in [0.05, 0.1) is 5.69 Å². The van der Waals surface area contributed by atoms with Gasteiger partial charge in [-0.25, -0.2) is 4.39 Å². The number of benzene rings is 1. The van der Waals surface area contributed by atoms with E-state index in [1.165, 1.54) is 6.07 Å². The molecule has 1 aliphatic rings. The zero-order chi connectivity index (χ0) is 12.8. The molecule has 3 nitrogen and oxygen atoms in total. The monoisotopic (exact) mass is 251 g/mol. The quantitative estimate of drug-likeness (QED) is 0.857. The molecule has 18 heavy (non-hydrogen) atoms. The normalized spacial score (nSPS) is 16.8. The van der Waals surface area contributed by atoms with Crippen LogP contribution in [-0.4, -0.2) is 51.2 Å². The average Bonchev–Trinajstić information content (AvgIpc) is 2.40. The molecule has 0 aliphatic carbocycles. The summed E-state index contributed by atoms with van der Waals surface area (Å²) in [7, 11) is 1.95. The number of para-hydroxylation sites is 1. The van der Waals surface area contributed by atoms with Crippen molar-refractivity contribution in [3.63, 3.8) is 0 Å². The van der Waals surface area contributed by atoms with Crippen LogP contribution in [0.3, 0.4) is 0 Å². The van der Waals surface area contributed by atoms with Crippen LogP contribution < -0.4 is 10.2 Å². The molecule has 0 aromatic heterocycles. The Morgan fingerprint density at radius 2 is 2.00 bits per heavy atom. The number of hydrogen-bond acceptors (Lipinski definition) is 3. The van der Waals surface area contributed by atoms with Crippen molar-refractivity contribution in [3.8, 4) is 0 Å². The molecule has 1 aromatic rings. The van der Waals surface area contributed by atoms with E-state index in [0.717, 1.165) is 45.7 Å². The molecular formula is C14H22FN3. The van der Waals surface area contributed by atoms with Crippen LogP contribution in [0, 0.1) is 5.82 Å². The first-order valence-corrected chi connectivity index (χ1v) is 6.66. The molecule has 0 saturated carbocycles. The Balaban J connectivity index is 1.74. The van der Waals surface area contributed by atoms with E-state index in [1.54, 1.807) is 6.07 Å². The lowest BCUT2D eigenvalue weighted by atomic mass is 10.2. The highest BCUT2D eigenvalue weighted by Crippen LogP contribution is 2.17. The summed E-state index contributed by atoms with van der Waals surface area (Å²) in [5.41, 5.74) is 0.692. The van der Waals surface area contributed by atoms with Crippen LogP contribution in [0.1, 0.15) is 6.42 Å². The van der Waals surface area contributed by atoms with Crippen molar-refractivity contribution < 1.29 is 4.39 Å². The van der Waals surface area contributed by atoms with Crippen molar-refractivity contribution in [1.82, 2.24) is 10.2 Å². The van der Waals surface area contributed by atoms with Gasteiger partial charge in [0.1, 0.15) is 5.82 Å². The van der Waals surface area contributed by atoms with Gasteiger partial charge in [0.2, 0.25) is 0 Å². The van der Waals surface area contributed by atoms with Crippen LogP contribution in [0.4, 0.5) is 10.1 Å². The highest BCUT2D eigenvalue weighted by Gasteiger charge is 2.10. The van der Waals surface area contributed by atoms with Gasteiger partial charge in [0.25, 0.3) is 0 Å². The minimum Gasteiger partial charge on any atom is -0.372 e. The summed E-state index contributed by atoms with van der Waals surface area (Å²) in [6, 6.07) is 6.96. The van der Waals surface area contributed by atoms with Crippen LogP contribution in [0.5, 0.6) is 0 Å². The Hall–Kier alpha value is -1.13. The van der Waals surface area contributed by atoms with Crippen LogP contribution in [-0.2, 0) is 0 Å². The SMILES string of the molecule is CN(CCCN1CCNCC1)c1ccccc1F. The lowest BCUT2D eigenvalue weighted by Crippen LogP contribution is -2.44. The fraction of sp³-hybridized carbons (Fsp3) is 0.571. The van der Waals surface area contributed by atoms with Crippen LogP contribution >= 0.6 is 0 Å². The van der Waals surface area contributed by atoms with Crippen molar-refractivity contribution in [2.45, 2.75) is 6.42 Å². The molecular weight excluding hydrogens is 229 g/mol. The van der Waals surface area contributed by atoms with Crippen molar-refractivity contribution in [2.24, 2.45) is 0 Å². The van der Waals surface area contributed by atoms with Crippen molar-refractivity contribution >= 4 is 5.69 Å². The molecule has 1 aromatic carbocycles. The number of rotatable bonds is 5. The van der Waals surface area contributed by atoms with E-state index in [2.05, 4.69) is 10.2 Å². The van der Waals surface area contributed by atoms with E-state index in [4.69, 9.17) is 0 Å². The van der Waals surface area contributed by atoms with Crippen LogP contribution in [0.2, 0.25) is 0 Å². The second kappa shape index (κ2) is 6.71. The van der Waals surface area contributed by atoms with Crippen molar-refractivity contribution in [2.75, 3.05) is 51.2 Å². The molecule has 0 amide bonds. The van der Waals surface area contributed by atoms with E-state index in [1.807, 2.05) is 24.1 Å². The number of nitrogens with one attached hydrogen (secondary N) is 1. The number of anilines is 1. The number of piperazine rings is 1. The third-order valence-corrected chi connectivity index (χ3v) is 3.44. The lowest BCUT2D eigenvalue weighted by molar-refractivity contribution is 0.239. The van der Waals surface area contributed by atoms with Gasteiger partial charge >= 0.3 is 0 Å². The predicted octanol–water partition coefficient (Wildman–Crippen LogP) is 1.56. The number of hydrogen-bond donors (Lipinski definition) is 1. The Morgan fingerprint density at radius 1 is 1.28 bits per heavy atom. The molecule has 2 rings (SSSR count). The Kier molecular flexibility index (Phi) is 4.96. The Morgan fingerprint density at radius 3 is 2.72 bits per heavy atom. The maximum absolute atomic E-state index is 13.6. The van der Waals surface area contributed by atoms with Gasteiger partial charge in [-0.3, -0.25) is 0 Å². The second-order valence-corrected chi connectivity index (χ2v) is 4.82. The summed E-state index contributed by atoms with van der Waals surface area (Å²) in [4.78, 5) is 4.46. The minimum absolute atomic E-state index is 0.137. The standard InChI is InChI=1S/C14H22FN3/c1-17(14-6-3-2-5-13(14)15)9-4-10-18-11-7-16-8-12-18/h2-3,5-6,16H,4,7-12H2,1H3. The summed E-state index contributed by atoms with van der Waals surface area (Å²) >= 11 is 0.